The number of methoxy groups -OCH3 is 1. The zero-order valence-corrected chi connectivity index (χ0v) is 15.4. The second-order valence-corrected chi connectivity index (χ2v) is 6.52. The molecule has 2 aromatic carbocycles. The fourth-order valence-electron chi connectivity index (χ4n) is 3.32. The number of rotatable bonds is 8. The normalized spacial score (nSPS) is 12.2. The highest BCUT2D eigenvalue weighted by atomic mass is 16.5. The molecule has 0 aliphatic heterocycles. The molecule has 0 spiro atoms. The van der Waals surface area contributed by atoms with Crippen LogP contribution in [-0.4, -0.2) is 24.2 Å². The first-order valence-corrected chi connectivity index (χ1v) is 9.16. The monoisotopic (exact) mass is 350 g/mol. The van der Waals surface area contributed by atoms with Gasteiger partial charge < -0.3 is 14.6 Å². The first kappa shape index (κ1) is 18.2. The van der Waals surface area contributed by atoms with Gasteiger partial charge in [-0.1, -0.05) is 43.7 Å². The number of carbonyl (C=O) groups is 1. The molecule has 1 amide bonds. The minimum Gasteiger partial charge on any atom is -0.383 e. The van der Waals surface area contributed by atoms with Gasteiger partial charge in [-0.15, -0.1) is 0 Å². The maximum Gasteiger partial charge on any atom is 0.231 e. The van der Waals surface area contributed by atoms with E-state index in [1.807, 2.05) is 42.5 Å². The quantitative estimate of drug-likeness (QED) is 0.633. The Bertz CT molecular complexity index is 855. The fraction of sp³-hybridized carbons (Fsp3) is 0.318. The van der Waals surface area contributed by atoms with Crippen molar-refractivity contribution >= 4 is 22.5 Å². The summed E-state index contributed by atoms with van der Waals surface area (Å²) in [6, 6.07) is 18.1. The van der Waals surface area contributed by atoms with E-state index < -0.39 is 0 Å². The van der Waals surface area contributed by atoms with E-state index in [-0.39, 0.29) is 11.8 Å². The number of hydrogen-bond donors (Lipinski definition) is 1. The Kier molecular flexibility index (Phi) is 6.08. The molecule has 1 unspecified atom stereocenters. The summed E-state index contributed by atoms with van der Waals surface area (Å²) in [5, 5.41) is 4.21. The van der Waals surface area contributed by atoms with E-state index in [2.05, 4.69) is 35.1 Å². The maximum atomic E-state index is 12.9. The number of hydrogen-bond acceptors (Lipinski definition) is 2. The molecule has 0 aliphatic carbocycles. The van der Waals surface area contributed by atoms with Crippen LogP contribution in [0, 0.1) is 0 Å². The Morgan fingerprint density at radius 3 is 2.69 bits per heavy atom. The third-order valence-corrected chi connectivity index (χ3v) is 4.67. The minimum atomic E-state index is -0.122. The Balaban J connectivity index is 1.77. The van der Waals surface area contributed by atoms with E-state index in [1.54, 1.807) is 7.11 Å². The van der Waals surface area contributed by atoms with Gasteiger partial charge in [0.15, 0.2) is 0 Å². The smallest absolute Gasteiger partial charge is 0.231 e. The van der Waals surface area contributed by atoms with E-state index in [4.69, 9.17) is 4.74 Å². The van der Waals surface area contributed by atoms with Crippen LogP contribution < -0.4 is 5.32 Å². The molecule has 3 aromatic rings. The third kappa shape index (κ3) is 4.14. The lowest BCUT2D eigenvalue weighted by molar-refractivity contribution is -0.117. The van der Waals surface area contributed by atoms with Gasteiger partial charge in [-0.2, -0.15) is 0 Å². The molecule has 4 nitrogen and oxygen atoms in total. The van der Waals surface area contributed by atoms with E-state index in [1.165, 1.54) is 0 Å². The molecule has 0 saturated carbocycles. The molecule has 0 aliphatic rings. The molecule has 3 rings (SSSR count). The van der Waals surface area contributed by atoms with E-state index >= 15 is 0 Å². The predicted octanol–water partition coefficient (Wildman–Crippen LogP) is 4.81. The number of aromatic nitrogens is 1. The summed E-state index contributed by atoms with van der Waals surface area (Å²) < 4.78 is 7.31. The van der Waals surface area contributed by atoms with Crippen molar-refractivity contribution in [3.63, 3.8) is 0 Å². The number of ether oxygens (including phenoxy) is 1. The summed E-state index contributed by atoms with van der Waals surface area (Å²) in [5.41, 5.74) is 3.05. The van der Waals surface area contributed by atoms with Gasteiger partial charge in [-0.3, -0.25) is 4.79 Å². The standard InChI is InChI=1S/C22H26N2O2/c1-3-7-20(17-8-5-4-6-9-17)22(25)23-19-10-11-21-18(16-19)12-13-24(21)14-15-26-2/h4-6,8-13,16,20H,3,7,14-15H2,1-2H3,(H,23,25). The molecule has 1 heterocycles. The number of nitrogens with one attached hydrogen (secondary N) is 1. The van der Waals surface area contributed by atoms with E-state index in [0.717, 1.165) is 41.5 Å². The molecule has 1 N–H and O–H groups in total. The Labute approximate surface area is 154 Å². The highest BCUT2D eigenvalue weighted by Gasteiger charge is 2.19. The van der Waals surface area contributed by atoms with Gasteiger partial charge in [-0.25, -0.2) is 0 Å². The lowest BCUT2D eigenvalue weighted by Gasteiger charge is -2.17. The van der Waals surface area contributed by atoms with Crippen molar-refractivity contribution in [3.05, 3.63) is 66.4 Å². The van der Waals surface area contributed by atoms with Gasteiger partial charge in [0, 0.05) is 36.4 Å². The lowest BCUT2D eigenvalue weighted by atomic mass is 9.93. The second kappa shape index (κ2) is 8.68. The van der Waals surface area contributed by atoms with E-state index in [0.29, 0.717) is 6.61 Å². The van der Waals surface area contributed by atoms with Gasteiger partial charge in [0.2, 0.25) is 5.91 Å². The SMILES string of the molecule is CCCC(C(=O)Nc1ccc2c(ccn2CCOC)c1)c1ccccc1. The molecule has 1 aromatic heterocycles. The van der Waals surface area contributed by atoms with Crippen molar-refractivity contribution in [2.45, 2.75) is 32.2 Å². The van der Waals surface area contributed by atoms with Crippen LogP contribution in [0.3, 0.4) is 0 Å². The molecular formula is C22H26N2O2. The summed E-state index contributed by atoms with van der Waals surface area (Å²) in [4.78, 5) is 12.9. The molecule has 0 saturated heterocycles. The number of carbonyl (C=O) groups excluding carboxylic acids is 1. The van der Waals surface area contributed by atoms with Crippen LogP contribution >= 0.6 is 0 Å². The van der Waals surface area contributed by atoms with Crippen molar-refractivity contribution in [3.8, 4) is 0 Å². The van der Waals surface area contributed by atoms with Crippen molar-refractivity contribution in [1.82, 2.24) is 4.57 Å². The topological polar surface area (TPSA) is 43.3 Å². The number of amides is 1. The summed E-state index contributed by atoms with van der Waals surface area (Å²) in [7, 11) is 1.71. The summed E-state index contributed by atoms with van der Waals surface area (Å²) >= 11 is 0. The van der Waals surface area contributed by atoms with Gasteiger partial charge in [0.25, 0.3) is 0 Å². The van der Waals surface area contributed by atoms with Crippen molar-refractivity contribution in [1.29, 1.82) is 0 Å². The number of anilines is 1. The van der Waals surface area contributed by atoms with Crippen LogP contribution in [-0.2, 0) is 16.1 Å². The fourth-order valence-corrected chi connectivity index (χ4v) is 3.32. The van der Waals surface area contributed by atoms with Crippen LogP contribution in [0.5, 0.6) is 0 Å². The van der Waals surface area contributed by atoms with Crippen LogP contribution in [0.1, 0.15) is 31.2 Å². The number of nitrogens with zero attached hydrogens (tertiary/aromatic N) is 1. The van der Waals surface area contributed by atoms with E-state index in [9.17, 15) is 4.79 Å². The predicted molar refractivity (Wildman–Crippen MR) is 107 cm³/mol. The second-order valence-electron chi connectivity index (χ2n) is 6.52. The van der Waals surface area contributed by atoms with Gasteiger partial charge in [-0.05, 0) is 36.2 Å². The van der Waals surface area contributed by atoms with Gasteiger partial charge in [0.1, 0.15) is 0 Å². The molecule has 136 valence electrons. The zero-order valence-electron chi connectivity index (χ0n) is 15.4. The average Bonchev–Trinajstić information content (AvgIpc) is 3.07. The lowest BCUT2D eigenvalue weighted by Crippen LogP contribution is -2.21. The van der Waals surface area contributed by atoms with Crippen LogP contribution in [0.4, 0.5) is 5.69 Å². The van der Waals surface area contributed by atoms with Crippen LogP contribution in [0.15, 0.2) is 60.8 Å². The maximum absolute atomic E-state index is 12.9. The van der Waals surface area contributed by atoms with Gasteiger partial charge in [0.05, 0.1) is 12.5 Å². The molecular weight excluding hydrogens is 324 g/mol. The molecule has 1 atom stereocenters. The van der Waals surface area contributed by atoms with Crippen LogP contribution in [0.2, 0.25) is 0 Å². The Morgan fingerprint density at radius 1 is 1.15 bits per heavy atom. The minimum absolute atomic E-state index is 0.0521. The Hall–Kier alpha value is -2.59. The summed E-state index contributed by atoms with van der Waals surface area (Å²) in [6.45, 7) is 3.61. The van der Waals surface area contributed by atoms with Crippen molar-refractivity contribution in [2.24, 2.45) is 0 Å². The molecule has 0 bridgehead atoms. The number of benzene rings is 2. The molecule has 4 heteroatoms. The highest BCUT2D eigenvalue weighted by Crippen LogP contribution is 2.25. The zero-order chi connectivity index (χ0) is 18.4. The average molecular weight is 350 g/mol. The van der Waals surface area contributed by atoms with Crippen LogP contribution in [0.25, 0.3) is 10.9 Å². The molecule has 0 radical (unpaired) electrons. The largest absolute Gasteiger partial charge is 0.383 e. The first-order chi connectivity index (χ1) is 12.7. The first-order valence-electron chi connectivity index (χ1n) is 9.16. The molecule has 0 fully saturated rings. The Morgan fingerprint density at radius 2 is 1.96 bits per heavy atom. The van der Waals surface area contributed by atoms with Gasteiger partial charge >= 0.3 is 0 Å². The summed E-state index contributed by atoms with van der Waals surface area (Å²) in [6.07, 6.45) is 3.86. The van der Waals surface area contributed by atoms with Crippen molar-refractivity contribution in [2.75, 3.05) is 19.0 Å². The molecule has 26 heavy (non-hydrogen) atoms. The number of fused-ring (bicyclic) bond motifs is 1. The summed E-state index contributed by atoms with van der Waals surface area (Å²) in [5.74, 6) is -0.0700. The highest BCUT2D eigenvalue weighted by molar-refractivity contribution is 5.97. The van der Waals surface area contributed by atoms with Crippen molar-refractivity contribution < 1.29 is 9.53 Å². The third-order valence-electron chi connectivity index (χ3n) is 4.67.